The molecule has 17 heavy (non-hydrogen) atoms. The van der Waals surface area contributed by atoms with Gasteiger partial charge in [-0.15, -0.1) is 0 Å². The smallest absolute Gasteiger partial charge is 0.286 e. The summed E-state index contributed by atoms with van der Waals surface area (Å²) in [6.45, 7) is 0. The zero-order valence-corrected chi connectivity index (χ0v) is 10.3. The maximum absolute atomic E-state index is 12.6. The van der Waals surface area contributed by atoms with E-state index in [-0.39, 0.29) is 22.2 Å². The Kier molecular flexibility index (Phi) is 4.19. The lowest BCUT2D eigenvalue weighted by molar-refractivity contribution is -0.0328. The van der Waals surface area contributed by atoms with Crippen LogP contribution in [0.5, 0.6) is 0 Å². The van der Waals surface area contributed by atoms with Gasteiger partial charge in [0.05, 0.1) is 0 Å². The molecule has 1 aromatic rings. The summed E-state index contributed by atoms with van der Waals surface area (Å²) >= 11 is 1.50. The second-order valence-electron chi connectivity index (χ2n) is 2.90. The minimum Gasteiger partial charge on any atom is -0.286 e. The lowest BCUT2D eigenvalue weighted by Crippen LogP contribution is -2.20. The molecule has 94 valence electrons. The third-order valence-electron chi connectivity index (χ3n) is 1.61. The average Bonchev–Trinajstić information content (AvgIpc) is 2.14. The predicted molar refractivity (Wildman–Crippen MR) is 56.6 cm³/mol. The SMILES string of the molecule is O=C(c1ccc(SC(F)(F)F)cc1)C(F)(F)Br. The van der Waals surface area contributed by atoms with Crippen LogP contribution in [0.4, 0.5) is 22.0 Å². The van der Waals surface area contributed by atoms with Crippen LogP contribution in [0.1, 0.15) is 10.4 Å². The predicted octanol–water partition coefficient (Wildman–Crippen LogP) is 4.47. The maximum Gasteiger partial charge on any atom is 0.446 e. The fourth-order valence-corrected chi connectivity index (χ4v) is 1.74. The van der Waals surface area contributed by atoms with Crippen LogP contribution in [0.2, 0.25) is 0 Å². The summed E-state index contributed by atoms with van der Waals surface area (Å²) < 4.78 is 61.0. The van der Waals surface area contributed by atoms with E-state index in [1.165, 1.54) is 0 Å². The maximum atomic E-state index is 12.6. The van der Waals surface area contributed by atoms with Crippen molar-refractivity contribution in [1.29, 1.82) is 0 Å². The first kappa shape index (κ1) is 14.4. The highest BCUT2D eigenvalue weighted by molar-refractivity contribution is 9.10. The molecular formula is C9H4BrF5OS. The second kappa shape index (κ2) is 4.93. The number of hydrogen-bond donors (Lipinski definition) is 0. The molecule has 0 saturated carbocycles. The van der Waals surface area contributed by atoms with Gasteiger partial charge in [-0.05, 0) is 39.8 Å². The van der Waals surface area contributed by atoms with E-state index in [1.807, 2.05) is 15.9 Å². The highest BCUT2D eigenvalue weighted by Crippen LogP contribution is 2.37. The number of benzene rings is 1. The van der Waals surface area contributed by atoms with Crippen LogP contribution in [-0.2, 0) is 0 Å². The first-order valence-electron chi connectivity index (χ1n) is 4.07. The molecule has 1 aromatic carbocycles. The van der Waals surface area contributed by atoms with E-state index >= 15 is 0 Å². The minimum absolute atomic E-state index is 0.174. The number of ketones is 1. The summed E-state index contributed by atoms with van der Waals surface area (Å²) in [5.74, 6) is -1.50. The summed E-state index contributed by atoms with van der Waals surface area (Å²) in [6, 6.07) is 3.77. The fourth-order valence-electron chi connectivity index (χ4n) is 0.972. The molecule has 0 amide bonds. The quantitative estimate of drug-likeness (QED) is 0.351. The van der Waals surface area contributed by atoms with Crippen LogP contribution in [0.25, 0.3) is 0 Å². The number of carbonyl (C=O) groups is 1. The fraction of sp³-hybridized carbons (Fsp3) is 0.222. The van der Waals surface area contributed by atoms with Gasteiger partial charge in [0.25, 0.3) is 0 Å². The van der Waals surface area contributed by atoms with Crippen molar-refractivity contribution in [2.24, 2.45) is 0 Å². The lowest BCUT2D eigenvalue weighted by Gasteiger charge is -2.08. The Labute approximate surface area is 106 Å². The van der Waals surface area contributed by atoms with Crippen molar-refractivity contribution in [3.8, 4) is 0 Å². The molecule has 0 atom stereocenters. The Morgan fingerprint density at radius 1 is 1.06 bits per heavy atom. The first-order chi connectivity index (χ1) is 7.59. The van der Waals surface area contributed by atoms with Gasteiger partial charge in [-0.3, -0.25) is 4.79 Å². The molecule has 0 unspecified atom stereocenters. The van der Waals surface area contributed by atoms with Crippen LogP contribution < -0.4 is 0 Å². The molecule has 0 heterocycles. The van der Waals surface area contributed by atoms with Gasteiger partial charge in [-0.1, -0.05) is 12.1 Å². The number of rotatable bonds is 3. The van der Waals surface area contributed by atoms with Gasteiger partial charge in [0.2, 0.25) is 5.78 Å². The number of halogens is 6. The Morgan fingerprint density at radius 3 is 1.88 bits per heavy atom. The van der Waals surface area contributed by atoms with Gasteiger partial charge >= 0.3 is 10.3 Å². The van der Waals surface area contributed by atoms with E-state index in [9.17, 15) is 26.7 Å². The van der Waals surface area contributed by atoms with Crippen molar-refractivity contribution in [3.05, 3.63) is 29.8 Å². The Bertz CT molecular complexity index is 409. The number of alkyl halides is 6. The molecule has 0 spiro atoms. The highest BCUT2D eigenvalue weighted by Gasteiger charge is 2.36. The third-order valence-corrected chi connectivity index (χ3v) is 2.71. The van der Waals surface area contributed by atoms with Crippen LogP contribution in [0, 0.1) is 0 Å². The van der Waals surface area contributed by atoms with Gasteiger partial charge in [0, 0.05) is 10.5 Å². The number of carbonyl (C=O) groups excluding carboxylic acids is 1. The monoisotopic (exact) mass is 334 g/mol. The van der Waals surface area contributed by atoms with E-state index < -0.39 is 16.1 Å². The Balaban J connectivity index is 2.86. The van der Waals surface area contributed by atoms with Crippen molar-refractivity contribution in [2.45, 2.75) is 15.2 Å². The molecule has 0 bridgehead atoms. The zero-order valence-electron chi connectivity index (χ0n) is 7.89. The third kappa shape index (κ3) is 4.63. The molecule has 1 nitrogen and oxygen atoms in total. The van der Waals surface area contributed by atoms with Gasteiger partial charge in [0.15, 0.2) is 0 Å². The second-order valence-corrected chi connectivity index (χ2v) is 5.03. The number of Topliss-reactive ketones (excluding diaryl/α,β-unsaturated/α-hetero) is 1. The van der Waals surface area contributed by atoms with E-state index in [4.69, 9.17) is 0 Å². The van der Waals surface area contributed by atoms with Gasteiger partial charge < -0.3 is 0 Å². The highest BCUT2D eigenvalue weighted by atomic mass is 79.9. The van der Waals surface area contributed by atoms with Crippen molar-refractivity contribution in [2.75, 3.05) is 0 Å². The summed E-state index contributed by atoms with van der Waals surface area (Å²) in [7, 11) is 0. The van der Waals surface area contributed by atoms with Crippen molar-refractivity contribution in [3.63, 3.8) is 0 Å². The summed E-state index contributed by atoms with van der Waals surface area (Å²) in [5.41, 5.74) is -4.82. The van der Waals surface area contributed by atoms with Crippen LogP contribution in [0.15, 0.2) is 29.2 Å². The lowest BCUT2D eigenvalue weighted by atomic mass is 10.1. The zero-order chi connectivity index (χ0) is 13.3. The molecule has 8 heteroatoms. The molecule has 0 fully saturated rings. The largest absolute Gasteiger partial charge is 0.446 e. The van der Waals surface area contributed by atoms with Crippen molar-refractivity contribution < 1.29 is 26.7 Å². The number of hydrogen-bond acceptors (Lipinski definition) is 2. The summed E-state index contributed by atoms with van der Waals surface area (Å²) in [6.07, 6.45) is 0. The summed E-state index contributed by atoms with van der Waals surface area (Å²) in [4.78, 5) is 7.15. The molecule has 0 N–H and O–H groups in total. The summed E-state index contributed by atoms with van der Waals surface area (Å²) in [5, 5.41) is 0. The Morgan fingerprint density at radius 2 is 1.53 bits per heavy atom. The van der Waals surface area contributed by atoms with E-state index in [1.54, 1.807) is 0 Å². The average molecular weight is 335 g/mol. The van der Waals surface area contributed by atoms with Crippen molar-refractivity contribution in [1.82, 2.24) is 0 Å². The van der Waals surface area contributed by atoms with Crippen LogP contribution >= 0.6 is 27.7 Å². The van der Waals surface area contributed by atoms with Gasteiger partial charge in [0.1, 0.15) is 0 Å². The molecule has 0 aliphatic heterocycles. The molecule has 0 aliphatic carbocycles. The molecule has 0 radical (unpaired) electrons. The molecular weight excluding hydrogens is 331 g/mol. The Hall–Kier alpha value is -0.630. The standard InChI is InChI=1S/C9H4BrF5OS/c10-8(11,12)7(16)5-1-3-6(4-2-5)17-9(13,14)15/h1-4H. The molecule has 0 saturated heterocycles. The normalized spacial score (nSPS) is 12.6. The van der Waals surface area contributed by atoms with Crippen LogP contribution in [-0.4, -0.2) is 16.1 Å². The topological polar surface area (TPSA) is 17.1 Å². The molecule has 1 rings (SSSR count). The first-order valence-corrected chi connectivity index (χ1v) is 5.68. The van der Waals surface area contributed by atoms with Gasteiger partial charge in [-0.2, -0.15) is 22.0 Å². The van der Waals surface area contributed by atoms with E-state index in [0.29, 0.717) is 0 Å². The molecule has 0 aliphatic rings. The minimum atomic E-state index is -4.45. The van der Waals surface area contributed by atoms with Gasteiger partial charge in [-0.25, -0.2) is 0 Å². The number of thioether (sulfide) groups is 1. The van der Waals surface area contributed by atoms with Crippen molar-refractivity contribution >= 4 is 33.5 Å². The van der Waals surface area contributed by atoms with E-state index in [0.717, 1.165) is 24.3 Å². The van der Waals surface area contributed by atoms with E-state index in [2.05, 4.69) is 0 Å². The van der Waals surface area contributed by atoms with Crippen LogP contribution in [0.3, 0.4) is 0 Å². The molecule has 0 aromatic heterocycles.